The van der Waals surface area contributed by atoms with Crippen LogP contribution in [0.15, 0.2) is 6.07 Å². The summed E-state index contributed by atoms with van der Waals surface area (Å²) in [7, 11) is 0. The molecule has 0 amide bonds. The SMILES string of the molecule is Cc1cc(NCC(C)CN2CCCC2)nc(NN)n1. The van der Waals surface area contributed by atoms with E-state index < -0.39 is 0 Å². The zero-order chi connectivity index (χ0) is 13.7. The summed E-state index contributed by atoms with van der Waals surface area (Å²) in [5.41, 5.74) is 3.38. The van der Waals surface area contributed by atoms with Crippen LogP contribution >= 0.6 is 0 Å². The zero-order valence-electron chi connectivity index (χ0n) is 11.8. The van der Waals surface area contributed by atoms with Crippen molar-refractivity contribution < 1.29 is 0 Å². The molecule has 1 aromatic heterocycles. The van der Waals surface area contributed by atoms with Crippen molar-refractivity contribution in [2.45, 2.75) is 26.7 Å². The first-order valence-electron chi connectivity index (χ1n) is 6.96. The van der Waals surface area contributed by atoms with Crippen LogP contribution in [0.3, 0.4) is 0 Å². The minimum absolute atomic E-state index is 0.453. The maximum absolute atomic E-state index is 5.34. The van der Waals surface area contributed by atoms with E-state index in [2.05, 4.69) is 32.5 Å². The fraction of sp³-hybridized carbons (Fsp3) is 0.692. The van der Waals surface area contributed by atoms with Crippen molar-refractivity contribution in [3.05, 3.63) is 11.8 Å². The van der Waals surface area contributed by atoms with E-state index in [-0.39, 0.29) is 0 Å². The smallest absolute Gasteiger partial charge is 0.239 e. The number of nitrogens with two attached hydrogens (primary N) is 1. The van der Waals surface area contributed by atoms with Crippen LogP contribution in [0.1, 0.15) is 25.5 Å². The van der Waals surface area contributed by atoms with Gasteiger partial charge in [-0.1, -0.05) is 6.92 Å². The van der Waals surface area contributed by atoms with Gasteiger partial charge in [-0.25, -0.2) is 10.8 Å². The van der Waals surface area contributed by atoms with Crippen LogP contribution in [0.25, 0.3) is 0 Å². The maximum Gasteiger partial charge on any atom is 0.239 e. The summed E-state index contributed by atoms with van der Waals surface area (Å²) in [5.74, 6) is 7.22. The minimum atomic E-state index is 0.453. The molecule has 0 saturated carbocycles. The van der Waals surface area contributed by atoms with Crippen molar-refractivity contribution in [1.82, 2.24) is 14.9 Å². The highest BCUT2D eigenvalue weighted by Crippen LogP contribution is 2.12. The summed E-state index contributed by atoms with van der Waals surface area (Å²) < 4.78 is 0. The molecule has 0 aromatic carbocycles. The standard InChI is InChI=1S/C13H24N6/c1-10(9-19-5-3-4-6-19)8-15-12-7-11(2)16-13(17-12)18-14/h7,10H,3-6,8-9,14H2,1-2H3,(H2,15,16,17,18). The van der Waals surface area contributed by atoms with Gasteiger partial charge in [-0.3, -0.25) is 5.43 Å². The molecule has 1 aliphatic heterocycles. The average Bonchev–Trinajstić information content (AvgIpc) is 2.88. The molecule has 4 N–H and O–H groups in total. The third kappa shape index (κ3) is 4.33. The lowest BCUT2D eigenvalue weighted by Gasteiger charge is -2.20. The number of nitrogens with one attached hydrogen (secondary N) is 2. The van der Waals surface area contributed by atoms with Gasteiger partial charge < -0.3 is 10.2 Å². The van der Waals surface area contributed by atoms with E-state index in [9.17, 15) is 0 Å². The van der Waals surface area contributed by atoms with E-state index in [1.165, 1.54) is 25.9 Å². The number of nitrogen functional groups attached to an aromatic ring is 1. The van der Waals surface area contributed by atoms with Gasteiger partial charge in [0.2, 0.25) is 5.95 Å². The predicted octanol–water partition coefficient (Wildman–Crippen LogP) is 1.21. The third-order valence-corrected chi connectivity index (χ3v) is 3.38. The topological polar surface area (TPSA) is 79.1 Å². The molecule has 0 aliphatic carbocycles. The number of aryl methyl sites for hydroxylation is 1. The molecule has 2 rings (SSSR count). The van der Waals surface area contributed by atoms with Crippen molar-refractivity contribution in [3.8, 4) is 0 Å². The van der Waals surface area contributed by atoms with Crippen molar-refractivity contribution in [2.24, 2.45) is 11.8 Å². The normalized spacial score (nSPS) is 17.4. The summed E-state index contributed by atoms with van der Waals surface area (Å²) in [5, 5.41) is 3.36. The molecule has 1 atom stereocenters. The van der Waals surface area contributed by atoms with Gasteiger partial charge in [-0.2, -0.15) is 4.98 Å². The number of hydrogen-bond donors (Lipinski definition) is 3. The van der Waals surface area contributed by atoms with E-state index in [0.717, 1.165) is 24.6 Å². The van der Waals surface area contributed by atoms with Crippen LogP contribution in [0.4, 0.5) is 11.8 Å². The Labute approximate surface area is 114 Å². The Bertz CT molecular complexity index is 402. The molecule has 2 heterocycles. The van der Waals surface area contributed by atoms with Crippen LogP contribution in [0.5, 0.6) is 0 Å². The molecule has 1 saturated heterocycles. The molecular weight excluding hydrogens is 240 g/mol. The van der Waals surface area contributed by atoms with Crippen LogP contribution in [0, 0.1) is 12.8 Å². The summed E-state index contributed by atoms with van der Waals surface area (Å²) in [6, 6.07) is 1.93. The lowest BCUT2D eigenvalue weighted by atomic mass is 10.1. The van der Waals surface area contributed by atoms with Crippen LogP contribution in [-0.4, -0.2) is 41.0 Å². The molecule has 1 aliphatic rings. The summed E-state index contributed by atoms with van der Waals surface area (Å²) in [6.07, 6.45) is 2.69. The molecule has 106 valence electrons. The molecule has 6 nitrogen and oxygen atoms in total. The molecular formula is C13H24N6. The Morgan fingerprint density at radius 3 is 2.79 bits per heavy atom. The molecule has 0 bridgehead atoms. The van der Waals surface area contributed by atoms with Gasteiger partial charge in [-0.05, 0) is 38.8 Å². The summed E-state index contributed by atoms with van der Waals surface area (Å²) in [4.78, 5) is 11.0. The van der Waals surface area contributed by atoms with Crippen molar-refractivity contribution in [2.75, 3.05) is 36.9 Å². The van der Waals surface area contributed by atoms with Crippen LogP contribution < -0.4 is 16.6 Å². The Morgan fingerprint density at radius 1 is 1.37 bits per heavy atom. The predicted molar refractivity (Wildman–Crippen MR) is 77.9 cm³/mol. The fourth-order valence-electron chi connectivity index (χ4n) is 2.47. The molecule has 1 aromatic rings. The number of hydrazine groups is 1. The van der Waals surface area contributed by atoms with Gasteiger partial charge >= 0.3 is 0 Å². The maximum atomic E-state index is 5.34. The quantitative estimate of drug-likeness (QED) is 0.529. The molecule has 19 heavy (non-hydrogen) atoms. The molecule has 0 spiro atoms. The Morgan fingerprint density at radius 2 is 2.11 bits per heavy atom. The van der Waals surface area contributed by atoms with E-state index >= 15 is 0 Å². The number of hydrogen-bond acceptors (Lipinski definition) is 6. The first-order chi connectivity index (χ1) is 9.17. The lowest BCUT2D eigenvalue weighted by Crippen LogP contribution is -2.29. The van der Waals surface area contributed by atoms with Gasteiger partial charge in [0.05, 0.1) is 0 Å². The number of likely N-dealkylation sites (tertiary alicyclic amines) is 1. The van der Waals surface area contributed by atoms with E-state index in [1.54, 1.807) is 0 Å². The van der Waals surface area contributed by atoms with E-state index in [1.807, 2.05) is 13.0 Å². The Hall–Kier alpha value is -1.40. The van der Waals surface area contributed by atoms with Crippen LogP contribution in [-0.2, 0) is 0 Å². The van der Waals surface area contributed by atoms with E-state index in [4.69, 9.17) is 5.84 Å². The van der Waals surface area contributed by atoms with Gasteiger partial charge in [0.15, 0.2) is 0 Å². The van der Waals surface area contributed by atoms with Gasteiger partial charge in [-0.15, -0.1) is 0 Å². The average molecular weight is 264 g/mol. The first-order valence-corrected chi connectivity index (χ1v) is 6.96. The molecule has 1 fully saturated rings. The summed E-state index contributed by atoms with van der Waals surface area (Å²) in [6.45, 7) is 8.76. The molecule has 0 radical (unpaired) electrons. The fourth-order valence-corrected chi connectivity index (χ4v) is 2.47. The van der Waals surface area contributed by atoms with Crippen molar-refractivity contribution >= 4 is 11.8 Å². The first kappa shape index (κ1) is 14.0. The lowest BCUT2D eigenvalue weighted by molar-refractivity contribution is 0.294. The van der Waals surface area contributed by atoms with Crippen LogP contribution in [0.2, 0.25) is 0 Å². The molecule has 1 unspecified atom stereocenters. The highest BCUT2D eigenvalue weighted by atomic mass is 15.3. The minimum Gasteiger partial charge on any atom is -0.370 e. The summed E-state index contributed by atoms with van der Waals surface area (Å²) >= 11 is 0. The number of rotatable bonds is 6. The van der Waals surface area contributed by atoms with Gasteiger partial charge in [0.1, 0.15) is 5.82 Å². The van der Waals surface area contributed by atoms with Gasteiger partial charge in [0, 0.05) is 24.8 Å². The van der Waals surface area contributed by atoms with Gasteiger partial charge in [0.25, 0.3) is 0 Å². The second-order valence-electron chi connectivity index (χ2n) is 5.36. The highest BCUT2D eigenvalue weighted by Gasteiger charge is 2.14. The number of nitrogens with zero attached hydrogens (tertiary/aromatic N) is 3. The third-order valence-electron chi connectivity index (χ3n) is 3.38. The number of aromatic nitrogens is 2. The second kappa shape index (κ2) is 6.68. The largest absolute Gasteiger partial charge is 0.370 e. The zero-order valence-corrected chi connectivity index (χ0v) is 11.8. The highest BCUT2D eigenvalue weighted by molar-refractivity contribution is 5.41. The molecule has 6 heteroatoms. The Balaban J connectivity index is 1.82. The number of anilines is 2. The van der Waals surface area contributed by atoms with E-state index in [0.29, 0.717) is 11.9 Å². The van der Waals surface area contributed by atoms with Crippen molar-refractivity contribution in [3.63, 3.8) is 0 Å². The Kier molecular flexibility index (Phi) is 4.93. The van der Waals surface area contributed by atoms with Crippen molar-refractivity contribution in [1.29, 1.82) is 0 Å². The second-order valence-corrected chi connectivity index (χ2v) is 5.36. The monoisotopic (exact) mass is 264 g/mol.